The summed E-state index contributed by atoms with van der Waals surface area (Å²) in [6.07, 6.45) is -2.95. The number of alkyl halides is 3. The molecule has 1 rings (SSSR count). The summed E-state index contributed by atoms with van der Waals surface area (Å²) in [5.41, 5.74) is 0.590. The molecule has 0 aliphatic rings. The predicted molar refractivity (Wildman–Crippen MR) is 39.6 cm³/mol. The summed E-state index contributed by atoms with van der Waals surface area (Å²) in [4.78, 5) is 0. The molecule has 0 unspecified atom stereocenters. The Morgan fingerprint density at radius 1 is 1.54 bits per heavy atom. The zero-order valence-corrected chi connectivity index (χ0v) is 7.22. The van der Waals surface area contributed by atoms with E-state index in [0.717, 1.165) is 4.68 Å². The van der Waals surface area contributed by atoms with Crippen LogP contribution in [0.1, 0.15) is 5.56 Å². The molecule has 1 aromatic rings. The molecule has 0 saturated carbocycles. The molecular formula is C7H9F3N2O. The van der Waals surface area contributed by atoms with Gasteiger partial charge >= 0.3 is 6.18 Å². The lowest BCUT2D eigenvalue weighted by atomic mass is 10.4. The molecule has 0 radical (unpaired) electrons. The van der Waals surface area contributed by atoms with Crippen LogP contribution in [0, 0.1) is 6.92 Å². The molecule has 0 aliphatic heterocycles. The van der Waals surface area contributed by atoms with Gasteiger partial charge in [-0.15, -0.1) is 5.10 Å². The molecule has 6 heteroatoms. The molecule has 3 nitrogen and oxygen atoms in total. The van der Waals surface area contributed by atoms with Gasteiger partial charge in [0.2, 0.25) is 5.88 Å². The fourth-order valence-corrected chi connectivity index (χ4v) is 0.970. The first-order valence-electron chi connectivity index (χ1n) is 3.57. The lowest BCUT2D eigenvalue weighted by Crippen LogP contribution is -2.17. The van der Waals surface area contributed by atoms with Crippen LogP contribution < -0.4 is 4.74 Å². The van der Waals surface area contributed by atoms with E-state index < -0.39 is 12.7 Å². The number of hydrogen-bond acceptors (Lipinski definition) is 2. The Kier molecular flexibility index (Phi) is 2.49. The number of halogens is 3. The molecule has 74 valence electrons. The first-order valence-corrected chi connectivity index (χ1v) is 3.57. The van der Waals surface area contributed by atoms with E-state index >= 15 is 0 Å². The number of aromatic nitrogens is 2. The average Bonchev–Trinajstić information content (AvgIpc) is 2.26. The van der Waals surface area contributed by atoms with E-state index in [1.807, 2.05) is 0 Å². The molecule has 1 heterocycles. The molecule has 0 saturated heterocycles. The van der Waals surface area contributed by atoms with Crippen LogP contribution in [0.5, 0.6) is 5.88 Å². The molecule has 13 heavy (non-hydrogen) atoms. The van der Waals surface area contributed by atoms with Crippen molar-refractivity contribution in [2.45, 2.75) is 19.6 Å². The molecule has 0 atom stereocenters. The Labute approximate surface area is 73.1 Å². The summed E-state index contributed by atoms with van der Waals surface area (Å²) in [6.45, 7) is 0.551. The second-order valence-electron chi connectivity index (χ2n) is 2.63. The van der Waals surface area contributed by atoms with Crippen molar-refractivity contribution >= 4 is 0 Å². The fourth-order valence-electron chi connectivity index (χ4n) is 0.970. The third-order valence-electron chi connectivity index (χ3n) is 1.43. The van der Waals surface area contributed by atoms with Crippen molar-refractivity contribution in [2.75, 3.05) is 7.11 Å². The molecule has 0 amide bonds. The van der Waals surface area contributed by atoms with Crippen LogP contribution in [0.25, 0.3) is 0 Å². The maximum absolute atomic E-state index is 11.9. The van der Waals surface area contributed by atoms with Crippen LogP contribution in [0.15, 0.2) is 6.20 Å². The van der Waals surface area contributed by atoms with Gasteiger partial charge < -0.3 is 4.74 Å². The molecule has 0 bridgehead atoms. The van der Waals surface area contributed by atoms with E-state index in [2.05, 4.69) is 5.10 Å². The van der Waals surface area contributed by atoms with Crippen molar-refractivity contribution < 1.29 is 17.9 Å². The van der Waals surface area contributed by atoms with Crippen LogP contribution in [0.2, 0.25) is 0 Å². The van der Waals surface area contributed by atoms with Gasteiger partial charge in [-0.3, -0.25) is 4.68 Å². The molecule has 0 N–H and O–H groups in total. The summed E-state index contributed by atoms with van der Waals surface area (Å²) in [5, 5.41) is 3.59. The molecule has 1 aromatic heterocycles. The highest BCUT2D eigenvalue weighted by Gasteiger charge is 2.28. The van der Waals surface area contributed by atoms with Gasteiger partial charge in [-0.05, 0) is 6.92 Å². The first kappa shape index (κ1) is 9.88. The molecular weight excluding hydrogens is 185 g/mol. The summed E-state index contributed by atoms with van der Waals surface area (Å²) >= 11 is 0. The van der Waals surface area contributed by atoms with Crippen LogP contribution in [0.4, 0.5) is 13.2 Å². The highest BCUT2D eigenvalue weighted by atomic mass is 19.4. The summed E-state index contributed by atoms with van der Waals surface area (Å²) in [7, 11) is 1.37. The second-order valence-corrected chi connectivity index (χ2v) is 2.63. The number of methoxy groups -OCH3 is 1. The smallest absolute Gasteiger partial charge is 0.408 e. The Morgan fingerprint density at radius 3 is 2.54 bits per heavy atom. The summed E-state index contributed by atoms with van der Waals surface area (Å²) < 4.78 is 41.2. The minimum atomic E-state index is -4.25. The SMILES string of the molecule is COc1nn(CC(F)(F)F)cc1C. The van der Waals surface area contributed by atoms with Crippen LogP contribution in [0.3, 0.4) is 0 Å². The van der Waals surface area contributed by atoms with Gasteiger partial charge in [-0.1, -0.05) is 0 Å². The minimum absolute atomic E-state index is 0.226. The molecule has 0 spiro atoms. The number of nitrogens with zero attached hydrogens (tertiary/aromatic N) is 2. The maximum atomic E-state index is 11.9. The molecule has 0 aromatic carbocycles. The van der Waals surface area contributed by atoms with E-state index in [1.54, 1.807) is 6.92 Å². The first-order chi connectivity index (χ1) is 5.92. The number of hydrogen-bond donors (Lipinski definition) is 0. The Hall–Kier alpha value is -1.20. The van der Waals surface area contributed by atoms with Crippen molar-refractivity contribution in [3.05, 3.63) is 11.8 Å². The fraction of sp³-hybridized carbons (Fsp3) is 0.571. The monoisotopic (exact) mass is 194 g/mol. The van der Waals surface area contributed by atoms with E-state index in [4.69, 9.17) is 4.74 Å². The lowest BCUT2D eigenvalue weighted by Gasteiger charge is -2.04. The van der Waals surface area contributed by atoms with Gasteiger partial charge in [0, 0.05) is 11.8 Å². The number of aryl methyl sites for hydroxylation is 1. The summed E-state index contributed by atoms with van der Waals surface area (Å²) in [5.74, 6) is 0.226. The van der Waals surface area contributed by atoms with Gasteiger partial charge in [-0.25, -0.2) is 0 Å². The second kappa shape index (κ2) is 3.27. The Morgan fingerprint density at radius 2 is 2.15 bits per heavy atom. The third kappa shape index (κ3) is 2.64. The zero-order valence-electron chi connectivity index (χ0n) is 7.22. The van der Waals surface area contributed by atoms with Crippen molar-refractivity contribution in [2.24, 2.45) is 0 Å². The molecule has 0 aliphatic carbocycles. The highest BCUT2D eigenvalue weighted by Crippen LogP contribution is 2.20. The van der Waals surface area contributed by atoms with Gasteiger partial charge in [0.05, 0.1) is 7.11 Å². The highest BCUT2D eigenvalue weighted by molar-refractivity contribution is 5.20. The average molecular weight is 194 g/mol. The largest absolute Gasteiger partial charge is 0.480 e. The Balaban J connectivity index is 2.80. The van der Waals surface area contributed by atoms with Crippen LogP contribution >= 0.6 is 0 Å². The van der Waals surface area contributed by atoms with Crippen molar-refractivity contribution in [1.29, 1.82) is 0 Å². The van der Waals surface area contributed by atoms with Gasteiger partial charge in [0.25, 0.3) is 0 Å². The van der Waals surface area contributed by atoms with Gasteiger partial charge in [0.1, 0.15) is 6.54 Å². The zero-order chi connectivity index (χ0) is 10.1. The van der Waals surface area contributed by atoms with E-state index in [0.29, 0.717) is 5.56 Å². The maximum Gasteiger partial charge on any atom is 0.408 e. The third-order valence-corrected chi connectivity index (χ3v) is 1.43. The van der Waals surface area contributed by atoms with Crippen LogP contribution in [-0.2, 0) is 6.54 Å². The van der Waals surface area contributed by atoms with Crippen molar-refractivity contribution in [3.8, 4) is 5.88 Å². The van der Waals surface area contributed by atoms with Gasteiger partial charge in [-0.2, -0.15) is 13.2 Å². The number of rotatable bonds is 2. The van der Waals surface area contributed by atoms with E-state index in [-0.39, 0.29) is 5.88 Å². The predicted octanol–water partition coefficient (Wildman–Crippen LogP) is 1.76. The van der Waals surface area contributed by atoms with Crippen molar-refractivity contribution in [1.82, 2.24) is 9.78 Å². The topological polar surface area (TPSA) is 27.1 Å². The standard InChI is InChI=1S/C7H9F3N2O/c1-5-3-12(4-7(8,9)10)11-6(5)13-2/h3H,4H2,1-2H3. The van der Waals surface area contributed by atoms with E-state index in [1.165, 1.54) is 13.3 Å². The quantitative estimate of drug-likeness (QED) is 0.717. The normalized spacial score (nSPS) is 11.8. The number of ether oxygens (including phenoxy) is 1. The van der Waals surface area contributed by atoms with Gasteiger partial charge in [0.15, 0.2) is 0 Å². The molecule has 0 fully saturated rings. The van der Waals surface area contributed by atoms with Crippen molar-refractivity contribution in [3.63, 3.8) is 0 Å². The van der Waals surface area contributed by atoms with E-state index in [9.17, 15) is 13.2 Å². The summed E-state index contributed by atoms with van der Waals surface area (Å²) in [6, 6.07) is 0. The Bertz CT molecular complexity index is 292. The minimum Gasteiger partial charge on any atom is -0.480 e. The lowest BCUT2D eigenvalue weighted by molar-refractivity contribution is -0.142. The van der Waals surface area contributed by atoms with Crippen LogP contribution in [-0.4, -0.2) is 23.1 Å².